The fourth-order valence-electron chi connectivity index (χ4n) is 7.50. The number of rotatable bonds is 7. The molecular weight excluding hydrogens is 566 g/mol. The third kappa shape index (κ3) is 4.98. The number of pyridine rings is 2. The number of nitrogens with two attached hydrogens (primary N) is 1. The number of amides is 2. The number of likely N-dealkylation sites (tertiary alicyclic amines) is 1. The molecule has 10 heteroatoms. The molecule has 3 aliphatic rings. The van der Waals surface area contributed by atoms with Crippen LogP contribution in [0.4, 0.5) is 0 Å². The highest BCUT2D eigenvalue weighted by atomic mass is 16.5. The molecule has 2 saturated carbocycles. The van der Waals surface area contributed by atoms with Gasteiger partial charge >= 0.3 is 0 Å². The zero-order chi connectivity index (χ0) is 31.9. The second kappa shape index (κ2) is 10.6. The summed E-state index contributed by atoms with van der Waals surface area (Å²) >= 11 is 0. The van der Waals surface area contributed by atoms with Crippen molar-refractivity contribution in [3.63, 3.8) is 0 Å². The highest BCUT2D eigenvalue weighted by Gasteiger charge is 2.51. The van der Waals surface area contributed by atoms with Gasteiger partial charge in [-0.2, -0.15) is 0 Å². The molecule has 4 aromatic heterocycles. The van der Waals surface area contributed by atoms with Crippen LogP contribution in [0.3, 0.4) is 0 Å². The van der Waals surface area contributed by atoms with Crippen molar-refractivity contribution in [2.24, 2.45) is 28.9 Å². The Morgan fingerprint density at radius 2 is 1.91 bits per heavy atom. The van der Waals surface area contributed by atoms with Crippen molar-refractivity contribution in [1.82, 2.24) is 29.2 Å². The summed E-state index contributed by atoms with van der Waals surface area (Å²) in [5, 5.41) is 4.15. The van der Waals surface area contributed by atoms with Gasteiger partial charge in [0.1, 0.15) is 17.0 Å². The van der Waals surface area contributed by atoms with Gasteiger partial charge in [-0.25, -0.2) is 9.97 Å². The van der Waals surface area contributed by atoms with Gasteiger partial charge in [0.15, 0.2) is 5.88 Å². The van der Waals surface area contributed by atoms with E-state index in [1.165, 1.54) is 12.8 Å². The van der Waals surface area contributed by atoms with Crippen LogP contribution in [0.2, 0.25) is 0 Å². The zero-order valence-electron chi connectivity index (χ0n) is 27.4. The molecule has 2 bridgehead atoms. The van der Waals surface area contributed by atoms with Crippen LogP contribution in [-0.4, -0.2) is 61.4 Å². The van der Waals surface area contributed by atoms with Crippen LogP contribution in [0.25, 0.3) is 28.1 Å². The lowest BCUT2D eigenvalue weighted by Crippen LogP contribution is -2.45. The Kier molecular flexibility index (Phi) is 7.00. The second-order valence-electron chi connectivity index (χ2n) is 14.7. The van der Waals surface area contributed by atoms with Crippen molar-refractivity contribution in [2.75, 3.05) is 13.7 Å². The summed E-state index contributed by atoms with van der Waals surface area (Å²) in [6.45, 7) is 13.5. The van der Waals surface area contributed by atoms with Gasteiger partial charge in [-0.1, -0.05) is 27.7 Å². The first kappa shape index (κ1) is 29.8. The maximum absolute atomic E-state index is 13.8. The Morgan fingerprint density at radius 3 is 2.56 bits per heavy atom. The lowest BCUT2D eigenvalue weighted by Gasteiger charge is -2.31. The molecule has 0 radical (unpaired) electrons. The molecule has 0 aromatic carbocycles. The molecule has 3 N–H and O–H groups in total. The smallest absolute Gasteiger partial charge is 0.254 e. The number of ether oxygens (including phenoxy) is 1. The fourth-order valence-corrected chi connectivity index (χ4v) is 7.50. The van der Waals surface area contributed by atoms with Crippen molar-refractivity contribution in [1.29, 1.82) is 0 Å². The summed E-state index contributed by atoms with van der Waals surface area (Å²) in [6.07, 6.45) is 3.47. The zero-order valence-corrected chi connectivity index (χ0v) is 27.4. The molecular formula is C35H45N7O3. The summed E-state index contributed by atoms with van der Waals surface area (Å²) in [5.74, 6) is 1.91. The minimum Gasteiger partial charge on any atom is -0.482 e. The molecule has 3 fully saturated rings. The molecule has 7 rings (SSSR count). The Hall–Kier alpha value is -3.92. The molecule has 4 aromatic rings. The van der Waals surface area contributed by atoms with Crippen LogP contribution >= 0.6 is 0 Å². The molecule has 0 spiro atoms. The minimum atomic E-state index is -0.483. The Balaban J connectivity index is 1.29. The minimum absolute atomic E-state index is 0.00679. The van der Waals surface area contributed by atoms with Gasteiger partial charge in [-0.15, -0.1) is 0 Å². The average Bonchev–Trinajstić information content (AvgIpc) is 3.45. The quantitative estimate of drug-likeness (QED) is 0.300. The first-order valence-electron chi connectivity index (χ1n) is 16.3. The van der Waals surface area contributed by atoms with Gasteiger partial charge in [0.05, 0.1) is 30.2 Å². The van der Waals surface area contributed by atoms with Crippen molar-refractivity contribution in [3.05, 3.63) is 47.3 Å². The maximum atomic E-state index is 13.8. The topological polar surface area (TPSA) is 120 Å². The summed E-state index contributed by atoms with van der Waals surface area (Å²) in [7, 11) is 1.63. The predicted octanol–water partition coefficient (Wildman–Crippen LogP) is 5.11. The summed E-state index contributed by atoms with van der Waals surface area (Å²) < 4.78 is 10.1. The molecule has 4 unspecified atom stereocenters. The van der Waals surface area contributed by atoms with E-state index in [1.54, 1.807) is 7.11 Å². The van der Waals surface area contributed by atoms with E-state index in [4.69, 9.17) is 20.4 Å². The lowest BCUT2D eigenvalue weighted by atomic mass is 9.95. The number of nitrogens with zero attached hydrogens (tertiary/aromatic N) is 5. The monoisotopic (exact) mass is 611 g/mol. The lowest BCUT2D eigenvalue weighted by molar-refractivity contribution is -0.129. The van der Waals surface area contributed by atoms with Gasteiger partial charge in [0.2, 0.25) is 5.91 Å². The Bertz CT molecular complexity index is 1830. The summed E-state index contributed by atoms with van der Waals surface area (Å²) in [5.41, 5.74) is 11.7. The standard InChI is InChI=1S/C35H45N7O3/c1-18-12-24-17-41(31(18)29(24)36)33(43)23-14-27-39-30(20(3)42(27)28(15-23)45-7)26-13-22-10-11-25(19(2)37-34(44)35(4,5)6)38-32(22)40(26)16-21-8-9-21/h10-11,13-15,18-19,21,24,29,31H,8-9,12,16-17,36H2,1-7H3,(H,37,44)/t18?,19-,24?,29?,31?/m1/s1. The molecule has 10 nitrogen and oxygen atoms in total. The molecule has 5 atom stereocenters. The molecule has 2 amide bonds. The second-order valence-corrected chi connectivity index (χ2v) is 14.7. The van der Waals surface area contributed by atoms with E-state index in [0.29, 0.717) is 41.4 Å². The molecule has 1 aliphatic heterocycles. The molecule has 45 heavy (non-hydrogen) atoms. The van der Waals surface area contributed by atoms with Crippen LogP contribution in [0.15, 0.2) is 30.3 Å². The van der Waals surface area contributed by atoms with Crippen molar-refractivity contribution < 1.29 is 14.3 Å². The molecule has 5 heterocycles. The van der Waals surface area contributed by atoms with Crippen molar-refractivity contribution in [3.8, 4) is 17.3 Å². The highest BCUT2D eigenvalue weighted by Crippen LogP contribution is 2.42. The van der Waals surface area contributed by atoms with Crippen molar-refractivity contribution in [2.45, 2.75) is 85.5 Å². The number of carbonyl (C=O) groups excluding carboxylic acids is 2. The average molecular weight is 612 g/mol. The predicted molar refractivity (Wildman–Crippen MR) is 174 cm³/mol. The van der Waals surface area contributed by atoms with Crippen LogP contribution < -0.4 is 15.8 Å². The number of hydrogen-bond donors (Lipinski definition) is 2. The van der Waals surface area contributed by atoms with Crippen LogP contribution in [0.1, 0.15) is 81.7 Å². The van der Waals surface area contributed by atoms with Crippen LogP contribution in [0.5, 0.6) is 5.88 Å². The largest absolute Gasteiger partial charge is 0.482 e. The first-order chi connectivity index (χ1) is 21.3. The van der Waals surface area contributed by atoms with E-state index in [-0.39, 0.29) is 29.9 Å². The number of carbonyl (C=O) groups is 2. The number of fused-ring (bicyclic) bond motifs is 4. The number of methoxy groups -OCH3 is 1. The first-order valence-corrected chi connectivity index (χ1v) is 16.3. The summed E-state index contributed by atoms with van der Waals surface area (Å²) in [6, 6.07) is 9.83. The molecule has 2 aliphatic carbocycles. The van der Waals surface area contributed by atoms with Gasteiger partial charge in [0.25, 0.3) is 5.91 Å². The number of piperidine rings is 1. The van der Waals surface area contributed by atoms with E-state index in [1.807, 2.05) is 62.1 Å². The number of aromatic nitrogens is 4. The van der Waals surface area contributed by atoms with E-state index in [9.17, 15) is 9.59 Å². The van der Waals surface area contributed by atoms with Crippen LogP contribution in [0, 0.1) is 30.1 Å². The number of imidazole rings is 1. The number of aryl methyl sites for hydroxylation is 1. The van der Waals surface area contributed by atoms with Gasteiger partial charge in [0, 0.05) is 47.6 Å². The maximum Gasteiger partial charge on any atom is 0.254 e. The summed E-state index contributed by atoms with van der Waals surface area (Å²) in [4.78, 5) is 38.7. The fraction of sp³-hybridized carbons (Fsp3) is 0.543. The van der Waals surface area contributed by atoms with Gasteiger partial charge in [-0.3, -0.25) is 14.0 Å². The SMILES string of the molecule is COc1cc(C(=O)N2CC3CC(C)C2C3N)cc2nc(-c3cc4ccc([C@@H](C)NC(=O)C(C)(C)C)nc4n3CC3CC3)c(C)n12. The van der Waals surface area contributed by atoms with Gasteiger partial charge in [-0.05, 0) is 75.1 Å². The van der Waals surface area contributed by atoms with Gasteiger partial charge < -0.3 is 25.3 Å². The highest BCUT2D eigenvalue weighted by molar-refractivity contribution is 5.96. The third-order valence-electron chi connectivity index (χ3n) is 10.2. The van der Waals surface area contributed by atoms with Crippen molar-refractivity contribution >= 4 is 28.5 Å². The number of hydrogen-bond acceptors (Lipinski definition) is 6. The molecule has 1 saturated heterocycles. The van der Waals surface area contributed by atoms with E-state index in [0.717, 1.165) is 46.8 Å². The Morgan fingerprint density at radius 1 is 1.16 bits per heavy atom. The number of nitrogens with one attached hydrogen (secondary N) is 1. The van der Waals surface area contributed by atoms with E-state index < -0.39 is 5.41 Å². The molecule has 238 valence electrons. The van der Waals surface area contributed by atoms with E-state index in [2.05, 4.69) is 28.9 Å². The third-order valence-corrected chi connectivity index (χ3v) is 10.2. The van der Waals surface area contributed by atoms with E-state index >= 15 is 0 Å². The van der Waals surface area contributed by atoms with Crippen LogP contribution in [-0.2, 0) is 11.3 Å². The Labute approximate surface area is 264 Å². The normalized spacial score (nSPS) is 23.7.